The summed E-state index contributed by atoms with van der Waals surface area (Å²) < 4.78 is 0. The molecule has 0 radical (unpaired) electrons. The molecule has 0 amide bonds. The van der Waals surface area contributed by atoms with Crippen molar-refractivity contribution in [2.45, 2.75) is 25.8 Å². The third kappa shape index (κ3) is 2.15. The fourth-order valence-electron chi connectivity index (χ4n) is 0.622. The molecule has 0 aliphatic heterocycles. The molecule has 44 valence electrons. The van der Waals surface area contributed by atoms with E-state index in [-0.39, 0.29) is 12.4 Å². The van der Waals surface area contributed by atoms with Crippen LogP contribution in [-0.4, -0.2) is 6.04 Å². The average molecular weight is 121 g/mol. The number of hydrogen-bond acceptors (Lipinski definition) is 1. The Kier molecular flexibility index (Phi) is 2.62. The van der Waals surface area contributed by atoms with Crippen LogP contribution in [0.3, 0.4) is 0 Å². The van der Waals surface area contributed by atoms with Crippen molar-refractivity contribution >= 4 is 0 Å². The maximum Gasteiger partial charge on any atom is 0.00387 e. The van der Waals surface area contributed by atoms with Crippen molar-refractivity contribution < 1.29 is 12.4 Å². The molecule has 7 heavy (non-hydrogen) atoms. The van der Waals surface area contributed by atoms with Crippen molar-refractivity contribution in [1.82, 2.24) is 0 Å². The molecule has 0 aromatic heterocycles. The average Bonchev–Trinajstić information content (AvgIpc) is 2.06. The molecule has 1 saturated carbocycles. The van der Waals surface area contributed by atoms with Crippen molar-refractivity contribution in [3.63, 3.8) is 0 Å². The largest absolute Gasteiger partial charge is 1.00 e. The van der Waals surface area contributed by atoms with Crippen LogP contribution in [0.2, 0.25) is 0 Å². The molecule has 2 N–H and O–H groups in total. The van der Waals surface area contributed by atoms with E-state index in [9.17, 15) is 0 Å². The highest BCUT2D eigenvalue weighted by Crippen LogP contribution is 2.30. The van der Waals surface area contributed by atoms with E-state index in [2.05, 4.69) is 6.92 Å². The lowest BCUT2D eigenvalue weighted by Gasteiger charge is -1.95. The predicted molar refractivity (Wildman–Crippen MR) is 26.4 cm³/mol. The van der Waals surface area contributed by atoms with E-state index in [0.717, 1.165) is 5.92 Å². The van der Waals surface area contributed by atoms with Gasteiger partial charge in [0.1, 0.15) is 0 Å². The molecule has 1 fully saturated rings. The predicted octanol–water partition coefficient (Wildman–Crippen LogP) is -2.25. The Morgan fingerprint density at radius 2 is 2.00 bits per heavy atom. The number of halogens is 1. The lowest BCUT2D eigenvalue weighted by Crippen LogP contribution is -3.00. The molecule has 1 rings (SSSR count). The Hall–Kier alpha value is 0.250. The van der Waals surface area contributed by atoms with Crippen LogP contribution in [0.15, 0.2) is 0 Å². The molecule has 0 saturated heterocycles. The van der Waals surface area contributed by atoms with Crippen molar-refractivity contribution in [1.29, 1.82) is 0 Å². The number of hydrogen-bond donors (Lipinski definition) is 1. The second kappa shape index (κ2) is 2.53. The maximum absolute atomic E-state index is 5.50. The Morgan fingerprint density at radius 3 is 2.00 bits per heavy atom. The third-order valence-electron chi connectivity index (χ3n) is 1.37. The molecular formula is C5H11ClN-. The van der Waals surface area contributed by atoms with Gasteiger partial charge in [0.15, 0.2) is 0 Å². The van der Waals surface area contributed by atoms with Crippen LogP contribution in [0.4, 0.5) is 0 Å². The highest BCUT2D eigenvalue weighted by atomic mass is 35.5. The van der Waals surface area contributed by atoms with Gasteiger partial charge in [-0.1, -0.05) is 0 Å². The van der Waals surface area contributed by atoms with E-state index in [1.54, 1.807) is 0 Å². The minimum Gasteiger partial charge on any atom is -1.00 e. The fraction of sp³-hybridized carbons (Fsp3) is 1.00. The van der Waals surface area contributed by atoms with Crippen LogP contribution in [0.5, 0.6) is 0 Å². The zero-order chi connectivity index (χ0) is 4.57. The topological polar surface area (TPSA) is 26.0 Å². The zero-order valence-electron chi connectivity index (χ0n) is 4.52. The third-order valence-corrected chi connectivity index (χ3v) is 1.37. The molecule has 0 heterocycles. The molecule has 1 nitrogen and oxygen atoms in total. The van der Waals surface area contributed by atoms with Crippen LogP contribution in [0.1, 0.15) is 19.8 Å². The summed E-state index contributed by atoms with van der Waals surface area (Å²) in [5, 5.41) is 0. The summed E-state index contributed by atoms with van der Waals surface area (Å²) in [4.78, 5) is 0. The second-order valence-electron chi connectivity index (χ2n) is 2.20. The maximum atomic E-state index is 5.50. The summed E-state index contributed by atoms with van der Waals surface area (Å²) in [5.41, 5.74) is 5.50. The van der Waals surface area contributed by atoms with Crippen LogP contribution in [0, 0.1) is 5.92 Å². The highest BCUT2D eigenvalue weighted by Gasteiger charge is 2.24. The monoisotopic (exact) mass is 120 g/mol. The van der Waals surface area contributed by atoms with Crippen LogP contribution in [-0.2, 0) is 0 Å². The summed E-state index contributed by atoms with van der Waals surface area (Å²) in [5.74, 6) is 0.880. The van der Waals surface area contributed by atoms with Gasteiger partial charge in [-0.15, -0.1) is 0 Å². The van der Waals surface area contributed by atoms with Gasteiger partial charge >= 0.3 is 0 Å². The van der Waals surface area contributed by atoms with Gasteiger partial charge in [-0.3, -0.25) is 0 Å². The summed E-state index contributed by atoms with van der Waals surface area (Å²) >= 11 is 0. The first-order chi connectivity index (χ1) is 2.80. The summed E-state index contributed by atoms with van der Waals surface area (Å²) in [6, 6.07) is 0.463. The van der Waals surface area contributed by atoms with Gasteiger partial charge in [-0.05, 0) is 25.7 Å². The minimum absolute atomic E-state index is 0. The molecular weight excluding hydrogens is 110 g/mol. The molecule has 2 heteroatoms. The summed E-state index contributed by atoms with van der Waals surface area (Å²) in [7, 11) is 0. The molecule has 0 aromatic carbocycles. The SMILES string of the molecule is CC(N)C1CC1.[Cl-]. The molecule has 1 unspecified atom stereocenters. The van der Waals surface area contributed by atoms with Crippen molar-refractivity contribution in [2.24, 2.45) is 11.7 Å². The van der Waals surface area contributed by atoms with Gasteiger partial charge < -0.3 is 18.1 Å². The van der Waals surface area contributed by atoms with Crippen molar-refractivity contribution in [3.05, 3.63) is 0 Å². The molecule has 0 aromatic rings. The van der Waals surface area contributed by atoms with E-state index in [1.807, 2.05) is 0 Å². The van der Waals surface area contributed by atoms with Gasteiger partial charge in [0.2, 0.25) is 0 Å². The summed E-state index contributed by atoms with van der Waals surface area (Å²) in [6.07, 6.45) is 2.75. The lowest BCUT2D eigenvalue weighted by molar-refractivity contribution is -0.00000151. The lowest BCUT2D eigenvalue weighted by atomic mass is 10.2. The van der Waals surface area contributed by atoms with Crippen LogP contribution in [0.25, 0.3) is 0 Å². The standard InChI is InChI=1S/C5H11N.ClH/c1-4(6)5-2-3-5;/h4-5H,2-3,6H2,1H3;1H/p-1. The van der Waals surface area contributed by atoms with Gasteiger partial charge in [-0.2, -0.15) is 0 Å². The molecule has 1 aliphatic carbocycles. The number of rotatable bonds is 1. The van der Waals surface area contributed by atoms with Gasteiger partial charge in [0, 0.05) is 6.04 Å². The minimum atomic E-state index is 0. The first-order valence-electron chi connectivity index (χ1n) is 2.56. The smallest absolute Gasteiger partial charge is 0.00387 e. The Bertz CT molecular complexity index is 50.0. The van der Waals surface area contributed by atoms with Crippen LogP contribution >= 0.6 is 0 Å². The molecule has 0 spiro atoms. The van der Waals surface area contributed by atoms with Crippen molar-refractivity contribution in [3.8, 4) is 0 Å². The number of nitrogens with two attached hydrogens (primary N) is 1. The van der Waals surface area contributed by atoms with E-state index >= 15 is 0 Å². The molecule has 1 aliphatic rings. The Morgan fingerprint density at radius 1 is 1.57 bits per heavy atom. The van der Waals surface area contributed by atoms with E-state index < -0.39 is 0 Å². The van der Waals surface area contributed by atoms with Crippen molar-refractivity contribution in [2.75, 3.05) is 0 Å². The normalized spacial score (nSPS) is 23.1. The van der Waals surface area contributed by atoms with E-state index in [0.29, 0.717) is 6.04 Å². The van der Waals surface area contributed by atoms with Crippen LogP contribution < -0.4 is 18.1 Å². The Balaban J connectivity index is 0.000000360. The fourth-order valence-corrected chi connectivity index (χ4v) is 0.622. The quantitative estimate of drug-likeness (QED) is 0.416. The second-order valence-corrected chi connectivity index (χ2v) is 2.20. The molecule has 1 atom stereocenters. The first kappa shape index (κ1) is 7.25. The first-order valence-corrected chi connectivity index (χ1v) is 2.56. The van der Waals surface area contributed by atoms with Gasteiger partial charge in [0.05, 0.1) is 0 Å². The van der Waals surface area contributed by atoms with Gasteiger partial charge in [-0.25, -0.2) is 0 Å². The highest BCUT2D eigenvalue weighted by molar-refractivity contribution is 4.80. The van der Waals surface area contributed by atoms with Gasteiger partial charge in [0.25, 0.3) is 0 Å². The molecule has 0 bridgehead atoms. The summed E-state index contributed by atoms with van der Waals surface area (Å²) in [6.45, 7) is 2.08. The Labute approximate surface area is 50.7 Å². The van der Waals surface area contributed by atoms with E-state index in [4.69, 9.17) is 5.73 Å². The zero-order valence-corrected chi connectivity index (χ0v) is 5.28. The van der Waals surface area contributed by atoms with E-state index in [1.165, 1.54) is 12.8 Å².